The number of nitrogens with zero attached hydrogens (tertiary/aromatic N) is 2. The zero-order chi connectivity index (χ0) is 20.0. The molecule has 9 nitrogen and oxygen atoms in total. The Hall–Kier alpha value is -3.07. The van der Waals surface area contributed by atoms with E-state index < -0.39 is 4.92 Å². The van der Waals surface area contributed by atoms with Crippen molar-refractivity contribution in [1.29, 1.82) is 0 Å². The molecule has 0 bridgehead atoms. The largest absolute Gasteiger partial charge is 0.467 e. The van der Waals surface area contributed by atoms with E-state index in [-0.39, 0.29) is 5.69 Å². The molecule has 1 aromatic heterocycles. The van der Waals surface area contributed by atoms with Crippen molar-refractivity contribution in [3.8, 4) is 0 Å². The van der Waals surface area contributed by atoms with Gasteiger partial charge in [0, 0.05) is 38.9 Å². The van der Waals surface area contributed by atoms with Gasteiger partial charge in [-0.05, 0) is 31.5 Å². The van der Waals surface area contributed by atoms with Gasteiger partial charge in [-0.1, -0.05) is 12.1 Å². The highest BCUT2D eigenvalue weighted by atomic mass is 16.6. The maximum atomic E-state index is 11.0. The number of furan rings is 1. The van der Waals surface area contributed by atoms with Gasteiger partial charge in [0.05, 0.1) is 11.2 Å². The van der Waals surface area contributed by atoms with Gasteiger partial charge in [-0.25, -0.2) is 0 Å². The van der Waals surface area contributed by atoms with Crippen LogP contribution in [0.4, 0.5) is 11.4 Å². The van der Waals surface area contributed by atoms with Crippen molar-refractivity contribution < 1.29 is 14.1 Å². The van der Waals surface area contributed by atoms with Crippen LogP contribution in [-0.2, 0) is 11.3 Å². The van der Waals surface area contributed by atoms with Crippen LogP contribution in [0.5, 0.6) is 0 Å². The van der Waals surface area contributed by atoms with Crippen LogP contribution in [0.25, 0.3) is 0 Å². The summed E-state index contributed by atoms with van der Waals surface area (Å²) in [6.07, 6.45) is 2.42. The average Bonchev–Trinajstić information content (AvgIpc) is 3.21. The van der Waals surface area contributed by atoms with Crippen LogP contribution >= 0.6 is 0 Å². The molecule has 1 aromatic carbocycles. The van der Waals surface area contributed by atoms with Crippen molar-refractivity contribution in [3.63, 3.8) is 0 Å². The summed E-state index contributed by atoms with van der Waals surface area (Å²) in [5.41, 5.74) is 0.572. The van der Waals surface area contributed by atoms with Gasteiger partial charge >= 0.3 is 0 Å². The number of anilines is 1. The number of rotatable bonds is 12. The molecule has 152 valence electrons. The number of para-hydroxylation sites is 2. The standard InChI is InChI=1S/C19H27N5O4/c1-2-20-19(22-10-6-13-27-15-16-7-5-14-28-16)23-12-11-21-17-8-3-4-9-18(17)24(25)26/h3-5,7-9,14,21H,2,6,10-13,15H2,1H3,(H2,20,22,23). The Labute approximate surface area is 164 Å². The third kappa shape index (κ3) is 7.67. The second-order valence-corrected chi connectivity index (χ2v) is 5.87. The van der Waals surface area contributed by atoms with Crippen molar-refractivity contribution in [3.05, 3.63) is 58.5 Å². The van der Waals surface area contributed by atoms with Crippen molar-refractivity contribution in [1.82, 2.24) is 10.6 Å². The summed E-state index contributed by atoms with van der Waals surface area (Å²) in [7, 11) is 0. The van der Waals surface area contributed by atoms with Gasteiger partial charge < -0.3 is 25.1 Å². The van der Waals surface area contributed by atoms with E-state index in [9.17, 15) is 10.1 Å². The summed E-state index contributed by atoms with van der Waals surface area (Å²) in [4.78, 5) is 15.1. The lowest BCUT2D eigenvalue weighted by atomic mass is 10.2. The number of aliphatic imine (C=N–C) groups is 1. The van der Waals surface area contributed by atoms with Crippen LogP contribution in [0.1, 0.15) is 19.1 Å². The molecule has 0 fully saturated rings. The summed E-state index contributed by atoms with van der Waals surface area (Å²) in [6.45, 7) is 5.54. The lowest BCUT2D eigenvalue weighted by Crippen LogP contribution is -2.39. The monoisotopic (exact) mass is 389 g/mol. The molecule has 0 atom stereocenters. The lowest BCUT2D eigenvalue weighted by molar-refractivity contribution is -0.384. The molecule has 0 aliphatic heterocycles. The Kier molecular flexibility index (Phi) is 9.36. The molecule has 0 radical (unpaired) electrons. The molecule has 3 N–H and O–H groups in total. The summed E-state index contributed by atoms with van der Waals surface area (Å²) in [6, 6.07) is 10.3. The number of benzene rings is 1. The van der Waals surface area contributed by atoms with Gasteiger partial charge in [0.1, 0.15) is 18.1 Å². The number of nitrogens with one attached hydrogen (secondary N) is 3. The zero-order valence-corrected chi connectivity index (χ0v) is 16.0. The van der Waals surface area contributed by atoms with E-state index in [1.807, 2.05) is 19.1 Å². The van der Waals surface area contributed by atoms with Crippen LogP contribution in [0.15, 0.2) is 52.1 Å². The van der Waals surface area contributed by atoms with Crippen molar-refractivity contribution in [2.75, 3.05) is 38.1 Å². The number of hydrogen-bond acceptors (Lipinski definition) is 6. The first kappa shape index (κ1) is 21.2. The van der Waals surface area contributed by atoms with Crippen LogP contribution < -0.4 is 16.0 Å². The molecule has 0 saturated carbocycles. The molecular weight excluding hydrogens is 362 g/mol. The Morgan fingerprint density at radius 2 is 2.07 bits per heavy atom. The summed E-state index contributed by atoms with van der Waals surface area (Å²) in [5.74, 6) is 1.52. The first-order chi connectivity index (χ1) is 13.7. The predicted molar refractivity (Wildman–Crippen MR) is 109 cm³/mol. The van der Waals surface area contributed by atoms with E-state index in [0.717, 1.165) is 18.7 Å². The van der Waals surface area contributed by atoms with Crippen LogP contribution in [0, 0.1) is 10.1 Å². The topological polar surface area (TPSA) is 114 Å². The SMILES string of the molecule is CCNC(=NCCCOCc1ccco1)NCCNc1ccccc1[N+](=O)[O-]. The van der Waals surface area contributed by atoms with Gasteiger partial charge in [0.15, 0.2) is 5.96 Å². The maximum absolute atomic E-state index is 11.0. The van der Waals surface area contributed by atoms with Crippen molar-refractivity contribution in [2.45, 2.75) is 20.0 Å². The molecular formula is C19H27N5O4. The number of guanidine groups is 1. The van der Waals surface area contributed by atoms with E-state index in [1.165, 1.54) is 6.07 Å². The minimum absolute atomic E-state index is 0.0672. The molecule has 0 aliphatic carbocycles. The highest BCUT2D eigenvalue weighted by Gasteiger charge is 2.11. The minimum Gasteiger partial charge on any atom is -0.467 e. The van der Waals surface area contributed by atoms with Crippen molar-refractivity contribution in [2.24, 2.45) is 4.99 Å². The van der Waals surface area contributed by atoms with Gasteiger partial charge in [0.2, 0.25) is 0 Å². The highest BCUT2D eigenvalue weighted by molar-refractivity contribution is 5.79. The molecule has 0 amide bonds. The van der Waals surface area contributed by atoms with Crippen LogP contribution in [-0.4, -0.2) is 43.7 Å². The summed E-state index contributed by atoms with van der Waals surface area (Å²) < 4.78 is 10.7. The third-order valence-corrected chi connectivity index (χ3v) is 3.72. The van der Waals surface area contributed by atoms with E-state index >= 15 is 0 Å². The van der Waals surface area contributed by atoms with Gasteiger partial charge in [-0.15, -0.1) is 0 Å². The smallest absolute Gasteiger partial charge is 0.292 e. The van der Waals surface area contributed by atoms with E-state index in [1.54, 1.807) is 24.5 Å². The molecule has 28 heavy (non-hydrogen) atoms. The molecule has 9 heteroatoms. The fourth-order valence-corrected chi connectivity index (χ4v) is 2.43. The van der Waals surface area contributed by atoms with Crippen molar-refractivity contribution >= 4 is 17.3 Å². The van der Waals surface area contributed by atoms with Crippen LogP contribution in [0.3, 0.4) is 0 Å². The molecule has 0 unspecified atom stereocenters. The fraction of sp³-hybridized carbons (Fsp3) is 0.421. The van der Waals surface area contributed by atoms with Crippen LogP contribution in [0.2, 0.25) is 0 Å². The number of nitro groups is 1. The second-order valence-electron chi connectivity index (χ2n) is 5.87. The predicted octanol–water partition coefficient (Wildman–Crippen LogP) is 2.76. The Morgan fingerprint density at radius 3 is 2.82 bits per heavy atom. The average molecular weight is 389 g/mol. The maximum Gasteiger partial charge on any atom is 0.292 e. The lowest BCUT2D eigenvalue weighted by Gasteiger charge is -2.12. The molecule has 1 heterocycles. The highest BCUT2D eigenvalue weighted by Crippen LogP contribution is 2.22. The first-order valence-corrected chi connectivity index (χ1v) is 9.30. The number of nitro benzene ring substituents is 1. The van der Waals surface area contributed by atoms with Gasteiger partial charge in [0.25, 0.3) is 5.69 Å². The number of ether oxygens (including phenoxy) is 1. The molecule has 0 saturated heterocycles. The van der Waals surface area contributed by atoms with E-state index in [0.29, 0.717) is 44.5 Å². The molecule has 2 aromatic rings. The van der Waals surface area contributed by atoms with E-state index in [2.05, 4.69) is 20.9 Å². The Morgan fingerprint density at radius 1 is 1.21 bits per heavy atom. The second kappa shape index (κ2) is 12.3. The first-order valence-electron chi connectivity index (χ1n) is 9.30. The minimum atomic E-state index is -0.394. The quantitative estimate of drug-likeness (QED) is 0.168. The zero-order valence-electron chi connectivity index (χ0n) is 16.0. The van der Waals surface area contributed by atoms with E-state index in [4.69, 9.17) is 9.15 Å². The molecule has 0 spiro atoms. The van der Waals surface area contributed by atoms with Gasteiger partial charge in [-0.2, -0.15) is 0 Å². The molecule has 2 rings (SSSR count). The third-order valence-electron chi connectivity index (χ3n) is 3.72. The Bertz CT molecular complexity index is 734. The summed E-state index contributed by atoms with van der Waals surface area (Å²) in [5, 5.41) is 20.5. The molecule has 0 aliphatic rings. The fourth-order valence-electron chi connectivity index (χ4n) is 2.43. The summed E-state index contributed by atoms with van der Waals surface area (Å²) >= 11 is 0. The normalized spacial score (nSPS) is 11.2. The number of hydrogen-bond donors (Lipinski definition) is 3. The van der Waals surface area contributed by atoms with Gasteiger partial charge in [-0.3, -0.25) is 15.1 Å². The Balaban J connectivity index is 1.66.